The lowest BCUT2D eigenvalue weighted by molar-refractivity contribution is 0.419. The van der Waals surface area contributed by atoms with Gasteiger partial charge in [0.2, 0.25) is 12.2 Å². The van der Waals surface area contributed by atoms with Crippen molar-refractivity contribution in [3.05, 3.63) is 49.2 Å². The molecule has 1 aromatic carbocycles. The summed E-state index contributed by atoms with van der Waals surface area (Å²) in [6.07, 6.45) is 5.00. The first kappa shape index (κ1) is 8.69. The van der Waals surface area contributed by atoms with Gasteiger partial charge in [-0.15, -0.1) is 0 Å². The molecule has 1 radical (unpaired) electrons. The molecule has 0 spiro atoms. The molecule has 2 rings (SSSR count). The number of hydrogen-bond acceptors (Lipinski definition) is 3. The molecule has 0 fully saturated rings. The van der Waals surface area contributed by atoms with Crippen LogP contribution in [0.15, 0.2) is 41.3 Å². The lowest BCUT2D eigenvalue weighted by Gasteiger charge is -1.95. The second-order valence-electron chi connectivity index (χ2n) is 2.78. The molecule has 0 N–H and O–H groups in total. The number of nitrogens with zero attached hydrogens (tertiary/aromatic N) is 2. The Labute approximate surface area is 82.1 Å². The highest BCUT2D eigenvalue weighted by Gasteiger charge is 2.00. The summed E-state index contributed by atoms with van der Waals surface area (Å²) in [5.41, 5.74) is 2.05. The average Bonchev–Trinajstić information content (AvgIpc) is 2.72. The Hall–Kier alpha value is -1.90. The van der Waals surface area contributed by atoms with Crippen LogP contribution in [0.2, 0.25) is 0 Å². The van der Waals surface area contributed by atoms with E-state index in [1.54, 1.807) is 6.08 Å². The summed E-state index contributed by atoms with van der Waals surface area (Å²) in [5.74, 6) is 0.607. The van der Waals surface area contributed by atoms with E-state index < -0.39 is 0 Å². The smallest absolute Gasteiger partial charge is 0.214 e. The van der Waals surface area contributed by atoms with Gasteiger partial charge in [0.25, 0.3) is 0 Å². The lowest BCUT2D eigenvalue weighted by atomic mass is 10.1. The summed E-state index contributed by atoms with van der Waals surface area (Å²) in [6, 6.07) is 7.85. The maximum absolute atomic E-state index is 4.66. The first-order valence-corrected chi connectivity index (χ1v) is 4.23. The standard InChI is InChI=1S/C11H9N2O/c1-2-3-9-4-6-10(7-5-9)11-12-8-14-13-11/h2-8H,1H2/b3-2+. The molecule has 0 amide bonds. The molecule has 2 aromatic rings. The van der Waals surface area contributed by atoms with Crippen molar-refractivity contribution in [2.45, 2.75) is 0 Å². The monoisotopic (exact) mass is 185 g/mol. The molecule has 0 saturated carbocycles. The normalized spacial score (nSPS) is 10.9. The zero-order valence-corrected chi connectivity index (χ0v) is 7.55. The highest BCUT2D eigenvalue weighted by Crippen LogP contribution is 2.15. The van der Waals surface area contributed by atoms with Gasteiger partial charge in [-0.3, -0.25) is 0 Å². The van der Waals surface area contributed by atoms with E-state index >= 15 is 0 Å². The fourth-order valence-electron chi connectivity index (χ4n) is 1.18. The Morgan fingerprint density at radius 3 is 2.57 bits per heavy atom. The zero-order chi connectivity index (χ0) is 9.80. The van der Waals surface area contributed by atoms with Crippen LogP contribution < -0.4 is 0 Å². The van der Waals surface area contributed by atoms with E-state index in [9.17, 15) is 0 Å². The highest BCUT2D eigenvalue weighted by molar-refractivity contribution is 5.59. The van der Waals surface area contributed by atoms with Crippen LogP contribution in [0.25, 0.3) is 17.5 Å². The predicted octanol–water partition coefficient (Wildman–Crippen LogP) is 2.58. The Bertz CT molecular complexity index is 415. The van der Waals surface area contributed by atoms with Crippen LogP contribution in [0.3, 0.4) is 0 Å². The topological polar surface area (TPSA) is 38.9 Å². The molecule has 0 bridgehead atoms. The molecule has 3 heteroatoms. The van der Waals surface area contributed by atoms with Crippen LogP contribution in [-0.4, -0.2) is 10.1 Å². The molecule has 0 aliphatic carbocycles. The van der Waals surface area contributed by atoms with Gasteiger partial charge in [-0.1, -0.05) is 41.6 Å². The van der Waals surface area contributed by atoms with Gasteiger partial charge >= 0.3 is 0 Å². The molecule has 0 unspecified atom stereocenters. The molecular formula is C11H9N2O. The van der Waals surface area contributed by atoms with Crippen LogP contribution in [0.5, 0.6) is 0 Å². The quantitative estimate of drug-likeness (QED) is 0.721. The van der Waals surface area contributed by atoms with Gasteiger partial charge in [0.1, 0.15) is 0 Å². The van der Waals surface area contributed by atoms with Crippen molar-refractivity contribution in [3.63, 3.8) is 0 Å². The molecule has 1 heterocycles. The molecule has 69 valence electrons. The first-order valence-electron chi connectivity index (χ1n) is 4.23. The predicted molar refractivity (Wildman–Crippen MR) is 54.1 cm³/mol. The molecule has 1 aromatic heterocycles. The minimum Gasteiger partial charge on any atom is -0.342 e. The zero-order valence-electron chi connectivity index (χ0n) is 7.55. The first-order chi connectivity index (χ1) is 6.90. The molecule has 0 atom stereocenters. The van der Waals surface area contributed by atoms with Crippen molar-refractivity contribution in [1.29, 1.82) is 0 Å². The van der Waals surface area contributed by atoms with E-state index in [1.165, 1.54) is 6.39 Å². The summed E-state index contributed by atoms with van der Waals surface area (Å²) < 4.78 is 4.66. The number of hydrogen-bond donors (Lipinski definition) is 0. The van der Waals surface area contributed by atoms with Crippen LogP contribution in [0.4, 0.5) is 0 Å². The van der Waals surface area contributed by atoms with Gasteiger partial charge in [-0.25, -0.2) is 0 Å². The molecule has 0 aliphatic heterocycles. The third-order valence-electron chi connectivity index (χ3n) is 1.84. The van der Waals surface area contributed by atoms with Crippen molar-refractivity contribution in [2.75, 3.05) is 0 Å². The fourth-order valence-corrected chi connectivity index (χ4v) is 1.18. The van der Waals surface area contributed by atoms with Crippen molar-refractivity contribution < 1.29 is 4.52 Å². The molecule has 0 aliphatic rings. The van der Waals surface area contributed by atoms with Crippen molar-refractivity contribution >= 4 is 6.08 Å². The van der Waals surface area contributed by atoms with Gasteiger partial charge in [0.15, 0.2) is 0 Å². The minimum atomic E-state index is 0.607. The van der Waals surface area contributed by atoms with Gasteiger partial charge in [0.05, 0.1) is 0 Å². The summed E-state index contributed by atoms with van der Waals surface area (Å²) in [7, 11) is 0. The SMILES string of the molecule is [CH2]/C=C/c1ccc(-c2ncon2)cc1. The van der Waals surface area contributed by atoms with E-state index in [1.807, 2.05) is 30.3 Å². The second kappa shape index (κ2) is 3.87. The molecule has 14 heavy (non-hydrogen) atoms. The van der Waals surface area contributed by atoms with E-state index in [2.05, 4.69) is 21.6 Å². The molecule has 0 saturated heterocycles. The number of allylic oxidation sites excluding steroid dienone is 1. The van der Waals surface area contributed by atoms with Gasteiger partial charge in [-0.05, 0) is 12.5 Å². The Morgan fingerprint density at radius 2 is 2.00 bits per heavy atom. The van der Waals surface area contributed by atoms with Crippen molar-refractivity contribution in [3.8, 4) is 11.4 Å². The Balaban J connectivity index is 2.31. The van der Waals surface area contributed by atoms with Crippen LogP contribution in [0, 0.1) is 6.92 Å². The van der Waals surface area contributed by atoms with Crippen molar-refractivity contribution in [1.82, 2.24) is 10.1 Å². The summed E-state index contributed by atoms with van der Waals surface area (Å²) in [6.45, 7) is 3.63. The molecular weight excluding hydrogens is 176 g/mol. The van der Waals surface area contributed by atoms with E-state index in [0.717, 1.165) is 11.1 Å². The Morgan fingerprint density at radius 1 is 1.21 bits per heavy atom. The summed E-state index contributed by atoms with van der Waals surface area (Å²) in [4.78, 5) is 3.95. The van der Waals surface area contributed by atoms with Gasteiger partial charge < -0.3 is 4.52 Å². The van der Waals surface area contributed by atoms with Gasteiger partial charge in [0, 0.05) is 5.56 Å². The maximum Gasteiger partial charge on any atom is 0.214 e. The fraction of sp³-hybridized carbons (Fsp3) is 0. The van der Waals surface area contributed by atoms with E-state index in [-0.39, 0.29) is 0 Å². The van der Waals surface area contributed by atoms with Crippen LogP contribution in [0.1, 0.15) is 5.56 Å². The number of benzene rings is 1. The largest absolute Gasteiger partial charge is 0.342 e. The second-order valence-corrected chi connectivity index (χ2v) is 2.78. The third-order valence-corrected chi connectivity index (χ3v) is 1.84. The molecule has 3 nitrogen and oxygen atoms in total. The summed E-state index contributed by atoms with van der Waals surface area (Å²) in [5, 5.41) is 3.75. The Kier molecular flexibility index (Phi) is 2.40. The highest BCUT2D eigenvalue weighted by atomic mass is 16.5. The lowest BCUT2D eigenvalue weighted by Crippen LogP contribution is -1.80. The number of rotatable bonds is 2. The van der Waals surface area contributed by atoms with Gasteiger partial charge in [-0.2, -0.15) is 4.98 Å². The third kappa shape index (κ3) is 1.71. The number of aromatic nitrogens is 2. The van der Waals surface area contributed by atoms with Crippen LogP contribution in [-0.2, 0) is 0 Å². The average molecular weight is 185 g/mol. The summed E-state index contributed by atoms with van der Waals surface area (Å²) >= 11 is 0. The van der Waals surface area contributed by atoms with E-state index in [4.69, 9.17) is 0 Å². The van der Waals surface area contributed by atoms with E-state index in [0.29, 0.717) is 5.82 Å². The minimum absolute atomic E-state index is 0.607. The van der Waals surface area contributed by atoms with Crippen molar-refractivity contribution in [2.24, 2.45) is 0 Å². The van der Waals surface area contributed by atoms with Crippen LogP contribution >= 0.6 is 0 Å². The maximum atomic E-state index is 4.66.